The van der Waals surface area contributed by atoms with E-state index >= 15 is 0 Å². The molecule has 2 N–H and O–H groups in total. The first-order chi connectivity index (χ1) is 12.1. The Morgan fingerprint density at radius 2 is 1.96 bits per heavy atom. The van der Waals surface area contributed by atoms with Gasteiger partial charge in [0.25, 0.3) is 0 Å². The number of methoxy groups -OCH3 is 1. The Kier molecular flexibility index (Phi) is 8.85. The molecule has 1 fully saturated rings. The summed E-state index contributed by atoms with van der Waals surface area (Å²) in [6.45, 7) is 4.79. The average Bonchev–Trinajstić information content (AvgIpc) is 2.57. The maximum atomic E-state index is 12.4. The highest BCUT2D eigenvalue weighted by atomic mass is 31.2. The molecule has 1 rings (SSSR count). The molecule has 26 heavy (non-hydrogen) atoms. The third kappa shape index (κ3) is 7.13. The van der Waals surface area contributed by atoms with Gasteiger partial charge in [0.2, 0.25) is 12.7 Å². The van der Waals surface area contributed by atoms with E-state index in [0.29, 0.717) is 6.42 Å². The van der Waals surface area contributed by atoms with Crippen LogP contribution in [0.4, 0.5) is 0 Å². The molecule has 10 nitrogen and oxygen atoms in total. The van der Waals surface area contributed by atoms with E-state index < -0.39 is 44.3 Å². The Hall–Kier alpha value is -1.32. The summed E-state index contributed by atoms with van der Waals surface area (Å²) in [6.07, 6.45) is -0.221. The smallest absolute Gasteiger partial charge is 0.381 e. The van der Waals surface area contributed by atoms with E-state index in [0.717, 1.165) is 0 Å². The summed E-state index contributed by atoms with van der Waals surface area (Å²) in [5, 5.41) is 2.55. The number of hydrogen-bond donors (Lipinski definition) is 2. The van der Waals surface area contributed by atoms with Crippen molar-refractivity contribution in [2.45, 2.75) is 46.1 Å². The normalized spacial score (nSPS) is 24.6. The van der Waals surface area contributed by atoms with Crippen molar-refractivity contribution in [3.63, 3.8) is 0 Å². The fraction of sp³-hybridized carbons (Fsp3) is 0.800. The number of esters is 2. The minimum Gasteiger partial charge on any atom is -0.469 e. The zero-order valence-electron chi connectivity index (χ0n) is 15.5. The number of nitrogens with one attached hydrogen (secondary N) is 1. The monoisotopic (exact) mass is 396 g/mol. The number of hydrogen-bond acceptors (Lipinski definition) is 9. The molecule has 1 saturated heterocycles. The Morgan fingerprint density at radius 3 is 2.58 bits per heavy atom. The predicted octanol–water partition coefficient (Wildman–Crippen LogP) is 1.09. The van der Waals surface area contributed by atoms with Crippen LogP contribution in [-0.4, -0.2) is 55.9 Å². The molecule has 1 aliphatic heterocycles. The van der Waals surface area contributed by atoms with E-state index in [2.05, 4.69) is 10.1 Å². The number of ether oxygens (including phenoxy) is 2. The first kappa shape index (κ1) is 22.7. The highest BCUT2D eigenvalue weighted by Gasteiger charge is 2.50. The second-order valence-corrected chi connectivity index (χ2v) is 8.01. The third-order valence-corrected chi connectivity index (χ3v) is 4.90. The number of carbonyl (C=O) groups excluding carboxylic acids is 3. The average molecular weight is 396 g/mol. The lowest BCUT2D eigenvalue weighted by atomic mass is 9.87. The van der Waals surface area contributed by atoms with Gasteiger partial charge >= 0.3 is 20.1 Å². The number of carbonyl (C=O) groups is 3. The van der Waals surface area contributed by atoms with Crippen LogP contribution in [0, 0.1) is 5.41 Å². The van der Waals surface area contributed by atoms with Crippen molar-refractivity contribution < 1.29 is 42.3 Å². The molecule has 0 spiro atoms. The van der Waals surface area contributed by atoms with Gasteiger partial charge in [-0.3, -0.25) is 28.0 Å². The van der Waals surface area contributed by atoms with Gasteiger partial charge in [-0.2, -0.15) is 0 Å². The van der Waals surface area contributed by atoms with Crippen LogP contribution in [-0.2, 0) is 37.4 Å². The Bertz CT molecular complexity index is 513. The Labute approximate surface area is 153 Å². The number of amides is 1. The van der Waals surface area contributed by atoms with Crippen molar-refractivity contribution in [1.29, 1.82) is 0 Å². The maximum absolute atomic E-state index is 12.4. The fourth-order valence-electron chi connectivity index (χ4n) is 2.02. The standard InChI is InChI=1S/C15H27NO9P/c1-5-6-12(18)22-10-24-26(20)23-9-15(2,3)13(25-26)14(19)16-8-7-11(17)21-4/h13,20H,5-10H2,1-4H3,(H,16,19)/t13-/m0/s1. The van der Waals surface area contributed by atoms with Crippen LogP contribution in [0.5, 0.6) is 0 Å². The van der Waals surface area contributed by atoms with Gasteiger partial charge in [0.05, 0.1) is 20.1 Å². The molecule has 2 atom stereocenters. The molecular weight excluding hydrogens is 369 g/mol. The second kappa shape index (κ2) is 10.1. The molecule has 1 amide bonds. The fourth-order valence-corrected chi connectivity index (χ4v) is 3.54. The van der Waals surface area contributed by atoms with Crippen LogP contribution in [0.1, 0.15) is 40.0 Å². The van der Waals surface area contributed by atoms with Gasteiger partial charge in [-0.05, 0) is 6.42 Å². The largest absolute Gasteiger partial charge is 0.469 e. The quantitative estimate of drug-likeness (QED) is 0.334. The lowest BCUT2D eigenvalue weighted by molar-refractivity contribution is -0.158. The van der Waals surface area contributed by atoms with Gasteiger partial charge in [0, 0.05) is 18.4 Å². The van der Waals surface area contributed by atoms with Crippen molar-refractivity contribution in [3.8, 4) is 0 Å². The van der Waals surface area contributed by atoms with Gasteiger partial charge < -0.3 is 19.7 Å². The van der Waals surface area contributed by atoms with Crippen LogP contribution >= 0.6 is 8.17 Å². The highest BCUT2D eigenvalue weighted by molar-refractivity contribution is 7.55. The first-order valence-corrected chi connectivity index (χ1v) is 9.72. The number of rotatable bonds is 9. The zero-order valence-corrected chi connectivity index (χ0v) is 16.4. The lowest BCUT2D eigenvalue weighted by Crippen LogP contribution is -2.50. The molecule has 1 aliphatic rings. The minimum atomic E-state index is -3.82. The topological polar surface area (TPSA) is 130 Å². The zero-order chi connectivity index (χ0) is 19.8. The van der Waals surface area contributed by atoms with Gasteiger partial charge in [-0.15, -0.1) is 0 Å². The molecule has 0 aromatic rings. The summed E-state index contributed by atoms with van der Waals surface area (Å²) in [7, 11) is -2.56. The van der Waals surface area contributed by atoms with Crippen molar-refractivity contribution in [2.24, 2.45) is 5.41 Å². The summed E-state index contributed by atoms with van der Waals surface area (Å²) in [5.74, 6) is -1.46. The van der Waals surface area contributed by atoms with E-state index in [1.54, 1.807) is 13.8 Å². The van der Waals surface area contributed by atoms with E-state index in [1.165, 1.54) is 7.11 Å². The summed E-state index contributed by atoms with van der Waals surface area (Å²) < 4.78 is 25.0. The molecule has 0 aromatic carbocycles. The van der Waals surface area contributed by atoms with Crippen LogP contribution in [0.2, 0.25) is 0 Å². The van der Waals surface area contributed by atoms with Gasteiger partial charge in [-0.25, -0.2) is 0 Å². The molecule has 1 unspecified atom stereocenters. The van der Waals surface area contributed by atoms with E-state index in [9.17, 15) is 19.3 Å². The van der Waals surface area contributed by atoms with Crippen LogP contribution in [0.3, 0.4) is 0 Å². The summed E-state index contributed by atoms with van der Waals surface area (Å²) in [6, 6.07) is 0. The van der Waals surface area contributed by atoms with Crippen LogP contribution < -0.4 is 5.32 Å². The summed E-state index contributed by atoms with van der Waals surface area (Å²) in [4.78, 5) is 45.1. The lowest BCUT2D eigenvalue weighted by Gasteiger charge is -2.43. The molecule has 0 bridgehead atoms. The Morgan fingerprint density at radius 1 is 1.27 bits per heavy atom. The molecule has 11 heteroatoms. The van der Waals surface area contributed by atoms with Gasteiger partial charge in [0.1, 0.15) is 0 Å². The van der Waals surface area contributed by atoms with E-state index in [-0.39, 0.29) is 26.0 Å². The third-order valence-electron chi connectivity index (χ3n) is 3.53. The maximum Gasteiger partial charge on any atom is 0.381 e. The van der Waals surface area contributed by atoms with E-state index in [4.69, 9.17) is 18.3 Å². The van der Waals surface area contributed by atoms with Crippen molar-refractivity contribution in [3.05, 3.63) is 0 Å². The highest BCUT2D eigenvalue weighted by Crippen LogP contribution is 2.63. The molecule has 0 saturated carbocycles. The van der Waals surface area contributed by atoms with Gasteiger partial charge in [-0.1, -0.05) is 20.8 Å². The van der Waals surface area contributed by atoms with Crippen LogP contribution in [0.15, 0.2) is 0 Å². The Balaban J connectivity index is 2.59. The van der Waals surface area contributed by atoms with Crippen molar-refractivity contribution in [1.82, 2.24) is 5.32 Å². The van der Waals surface area contributed by atoms with Crippen molar-refractivity contribution >= 4 is 26.0 Å². The first-order valence-electron chi connectivity index (χ1n) is 8.23. The predicted molar refractivity (Wildman–Crippen MR) is 90.3 cm³/mol. The van der Waals surface area contributed by atoms with Crippen LogP contribution in [0.25, 0.3) is 0 Å². The molecule has 1 radical (unpaired) electrons. The van der Waals surface area contributed by atoms with Gasteiger partial charge in [0.15, 0.2) is 6.10 Å². The molecule has 0 aromatic heterocycles. The molecule has 151 valence electrons. The minimum absolute atomic E-state index is 0.00469. The molecule has 1 heterocycles. The van der Waals surface area contributed by atoms with Crippen molar-refractivity contribution in [2.75, 3.05) is 27.1 Å². The molecule has 0 aliphatic carbocycles. The summed E-state index contributed by atoms with van der Waals surface area (Å²) in [5.41, 5.74) is -0.746. The summed E-state index contributed by atoms with van der Waals surface area (Å²) >= 11 is 0. The second-order valence-electron chi connectivity index (χ2n) is 6.35. The molecular formula is C15H27NO9P. The SMILES string of the molecule is CCCC(=O)OCO[P]1(O)OCC(C)(C)[C@H](C(=O)NCCC(=O)OC)O1. The van der Waals surface area contributed by atoms with E-state index in [1.807, 2.05) is 6.92 Å².